The normalized spacial score (nSPS) is 17.7. The number of hydrogen-bond acceptors (Lipinski definition) is 5. The van der Waals surface area contributed by atoms with Gasteiger partial charge < -0.3 is 11.1 Å². The molecule has 3 rings (SSSR count). The lowest BCUT2D eigenvalue weighted by Gasteiger charge is -2.23. The highest BCUT2D eigenvalue weighted by Crippen LogP contribution is 2.29. The van der Waals surface area contributed by atoms with Crippen LogP contribution in [0.4, 0.5) is 5.82 Å². The number of nitrogen functional groups attached to an aromatic ring is 1. The van der Waals surface area contributed by atoms with E-state index in [1.807, 2.05) is 4.68 Å². The smallest absolute Gasteiger partial charge is 0.164 e. The molecule has 3 heterocycles. The van der Waals surface area contributed by atoms with Gasteiger partial charge in [-0.05, 0) is 41.9 Å². The third-order valence-corrected chi connectivity index (χ3v) is 3.69. The van der Waals surface area contributed by atoms with E-state index in [1.54, 1.807) is 0 Å². The molecule has 17 heavy (non-hydrogen) atoms. The van der Waals surface area contributed by atoms with E-state index in [9.17, 15) is 0 Å². The zero-order valence-corrected chi connectivity index (χ0v) is 10.8. The number of fused-ring (bicyclic) bond motifs is 1. The number of nitrogens with one attached hydrogen (secondary N) is 1. The molecule has 0 atom stereocenters. The van der Waals surface area contributed by atoms with Gasteiger partial charge in [0, 0.05) is 0 Å². The predicted octanol–water partition coefficient (Wildman–Crippen LogP) is 1.10. The first kappa shape index (κ1) is 10.9. The van der Waals surface area contributed by atoms with Crippen LogP contribution in [0.25, 0.3) is 11.0 Å². The zero-order chi connectivity index (χ0) is 11.8. The Bertz CT molecular complexity index is 545. The van der Waals surface area contributed by atoms with Gasteiger partial charge in [0.25, 0.3) is 0 Å². The molecule has 0 unspecified atom stereocenters. The Labute approximate surface area is 107 Å². The van der Waals surface area contributed by atoms with Crippen molar-refractivity contribution in [2.24, 2.45) is 0 Å². The molecule has 2 aromatic heterocycles. The monoisotopic (exact) mass is 296 g/mol. The van der Waals surface area contributed by atoms with E-state index in [1.165, 1.54) is 6.33 Å². The molecule has 0 bridgehead atoms. The van der Waals surface area contributed by atoms with E-state index in [0.717, 1.165) is 41.6 Å². The van der Waals surface area contributed by atoms with Gasteiger partial charge in [0.05, 0.1) is 11.4 Å². The molecule has 1 aliphatic heterocycles. The van der Waals surface area contributed by atoms with Crippen molar-refractivity contribution in [1.82, 2.24) is 25.1 Å². The number of hydrogen-bond donors (Lipinski definition) is 2. The van der Waals surface area contributed by atoms with Gasteiger partial charge in [-0.15, -0.1) is 0 Å². The topological polar surface area (TPSA) is 81.7 Å². The molecule has 0 saturated carbocycles. The van der Waals surface area contributed by atoms with Crippen molar-refractivity contribution < 1.29 is 0 Å². The molecular weight excluding hydrogens is 284 g/mol. The Balaban J connectivity index is 2.13. The third kappa shape index (κ3) is 1.79. The zero-order valence-electron chi connectivity index (χ0n) is 9.23. The molecule has 1 fully saturated rings. The molecule has 6 nitrogen and oxygen atoms in total. The van der Waals surface area contributed by atoms with E-state index in [0.29, 0.717) is 11.9 Å². The summed E-state index contributed by atoms with van der Waals surface area (Å²) in [6.45, 7) is 2.04. The van der Waals surface area contributed by atoms with Gasteiger partial charge in [0.2, 0.25) is 0 Å². The largest absolute Gasteiger partial charge is 0.383 e. The maximum atomic E-state index is 5.85. The summed E-state index contributed by atoms with van der Waals surface area (Å²) in [4.78, 5) is 8.29. The molecule has 0 spiro atoms. The molecule has 0 amide bonds. The molecule has 1 aliphatic rings. The maximum Gasteiger partial charge on any atom is 0.164 e. The lowest BCUT2D eigenvalue weighted by molar-refractivity contribution is 0.349. The van der Waals surface area contributed by atoms with Crippen LogP contribution in [-0.4, -0.2) is 32.8 Å². The molecule has 3 N–H and O–H groups in total. The number of aromatic nitrogens is 4. The number of halogens is 1. The minimum absolute atomic E-state index is 0.388. The van der Waals surface area contributed by atoms with Crippen molar-refractivity contribution in [3.63, 3.8) is 0 Å². The van der Waals surface area contributed by atoms with Gasteiger partial charge in [0.15, 0.2) is 5.65 Å². The van der Waals surface area contributed by atoms with Crippen LogP contribution in [0.3, 0.4) is 0 Å². The molecule has 2 aromatic rings. The summed E-state index contributed by atoms with van der Waals surface area (Å²) < 4.78 is 2.70. The van der Waals surface area contributed by atoms with E-state index >= 15 is 0 Å². The number of piperidine rings is 1. The molecule has 0 radical (unpaired) electrons. The highest BCUT2D eigenvalue weighted by Gasteiger charge is 2.21. The summed E-state index contributed by atoms with van der Waals surface area (Å²) in [7, 11) is 0. The first-order chi connectivity index (χ1) is 8.27. The van der Waals surface area contributed by atoms with Crippen LogP contribution >= 0.6 is 15.9 Å². The molecule has 7 heteroatoms. The van der Waals surface area contributed by atoms with Crippen LogP contribution in [0.2, 0.25) is 0 Å². The molecule has 1 saturated heterocycles. The lowest BCUT2D eigenvalue weighted by atomic mass is 10.1. The van der Waals surface area contributed by atoms with Gasteiger partial charge >= 0.3 is 0 Å². The van der Waals surface area contributed by atoms with E-state index in [-0.39, 0.29) is 0 Å². The quantitative estimate of drug-likeness (QED) is 0.823. The summed E-state index contributed by atoms with van der Waals surface area (Å²) in [6.07, 6.45) is 3.61. The Morgan fingerprint density at radius 3 is 2.88 bits per heavy atom. The molecule has 0 aromatic carbocycles. The number of nitrogens with zero attached hydrogens (tertiary/aromatic N) is 4. The summed E-state index contributed by atoms with van der Waals surface area (Å²) >= 11 is 3.43. The standard InChI is InChI=1S/C10H13BrN6/c11-8-7-9(12)14-5-15-10(7)17(16-8)6-1-3-13-4-2-6/h5-6,13H,1-4H2,(H2,12,14,15). The van der Waals surface area contributed by atoms with Gasteiger partial charge in [-0.25, -0.2) is 14.6 Å². The van der Waals surface area contributed by atoms with Gasteiger partial charge in [0.1, 0.15) is 16.7 Å². The molecule has 0 aliphatic carbocycles. The minimum Gasteiger partial charge on any atom is -0.383 e. The van der Waals surface area contributed by atoms with Crippen molar-refractivity contribution >= 4 is 32.8 Å². The van der Waals surface area contributed by atoms with Crippen molar-refractivity contribution in [2.45, 2.75) is 18.9 Å². The van der Waals surface area contributed by atoms with Crippen LogP contribution in [0.5, 0.6) is 0 Å². The van der Waals surface area contributed by atoms with Crippen LogP contribution in [0, 0.1) is 0 Å². The second kappa shape index (κ2) is 4.23. The Hall–Kier alpha value is -1.21. The number of nitrogens with two attached hydrogens (primary N) is 1. The van der Waals surface area contributed by atoms with E-state index < -0.39 is 0 Å². The van der Waals surface area contributed by atoms with Crippen LogP contribution in [0.15, 0.2) is 10.9 Å². The minimum atomic E-state index is 0.388. The van der Waals surface area contributed by atoms with Gasteiger partial charge in [-0.2, -0.15) is 5.10 Å². The van der Waals surface area contributed by atoms with Gasteiger partial charge in [-0.1, -0.05) is 0 Å². The average molecular weight is 297 g/mol. The van der Waals surface area contributed by atoms with Crippen molar-refractivity contribution in [3.05, 3.63) is 10.9 Å². The fourth-order valence-electron chi connectivity index (χ4n) is 2.26. The third-order valence-electron chi connectivity index (χ3n) is 3.13. The molecule has 90 valence electrons. The summed E-state index contributed by atoms with van der Waals surface area (Å²) in [5.41, 5.74) is 6.67. The second-order valence-electron chi connectivity index (χ2n) is 4.17. The SMILES string of the molecule is Nc1ncnc2c1c(Br)nn2C1CCNCC1. The van der Waals surface area contributed by atoms with Crippen molar-refractivity contribution in [2.75, 3.05) is 18.8 Å². The lowest BCUT2D eigenvalue weighted by Crippen LogP contribution is -2.30. The highest BCUT2D eigenvalue weighted by molar-refractivity contribution is 9.10. The molecular formula is C10H13BrN6. The van der Waals surface area contributed by atoms with Gasteiger partial charge in [-0.3, -0.25) is 0 Å². The second-order valence-corrected chi connectivity index (χ2v) is 4.93. The average Bonchev–Trinajstić information content (AvgIpc) is 2.69. The van der Waals surface area contributed by atoms with Crippen molar-refractivity contribution in [3.8, 4) is 0 Å². The van der Waals surface area contributed by atoms with Crippen LogP contribution in [-0.2, 0) is 0 Å². The first-order valence-electron chi connectivity index (χ1n) is 5.62. The highest BCUT2D eigenvalue weighted by atomic mass is 79.9. The van der Waals surface area contributed by atoms with Crippen LogP contribution in [0.1, 0.15) is 18.9 Å². The number of rotatable bonds is 1. The summed E-state index contributed by atoms with van der Waals surface area (Å²) in [5.74, 6) is 0.474. The Kier molecular flexibility index (Phi) is 2.71. The van der Waals surface area contributed by atoms with Crippen LogP contribution < -0.4 is 11.1 Å². The Morgan fingerprint density at radius 2 is 2.12 bits per heavy atom. The summed E-state index contributed by atoms with van der Waals surface area (Å²) in [5, 5.41) is 8.65. The fourth-order valence-corrected chi connectivity index (χ4v) is 2.81. The number of anilines is 1. The Morgan fingerprint density at radius 1 is 1.35 bits per heavy atom. The maximum absolute atomic E-state index is 5.85. The fraction of sp³-hybridized carbons (Fsp3) is 0.500. The predicted molar refractivity (Wildman–Crippen MR) is 68.6 cm³/mol. The van der Waals surface area contributed by atoms with Crippen molar-refractivity contribution in [1.29, 1.82) is 0 Å². The first-order valence-corrected chi connectivity index (χ1v) is 6.41. The van der Waals surface area contributed by atoms with E-state index in [4.69, 9.17) is 5.73 Å². The van der Waals surface area contributed by atoms with E-state index in [2.05, 4.69) is 36.3 Å². The summed E-state index contributed by atoms with van der Waals surface area (Å²) in [6, 6.07) is 0.388.